The fraction of sp³-hybridized carbons (Fsp3) is 0.188. The van der Waals surface area contributed by atoms with Crippen LogP contribution in [0.2, 0.25) is 0 Å². The number of halogens is 1. The molecular formula is C16H14FN7. The lowest BCUT2D eigenvalue weighted by atomic mass is 10.2. The Balaban J connectivity index is 1.99. The first kappa shape index (κ1) is 14.4. The van der Waals surface area contributed by atoms with Crippen molar-refractivity contribution in [3.8, 4) is 11.4 Å². The average molecular weight is 323 g/mol. The van der Waals surface area contributed by atoms with E-state index in [0.29, 0.717) is 34.9 Å². The molecule has 4 aromatic heterocycles. The first-order valence-electron chi connectivity index (χ1n) is 7.42. The summed E-state index contributed by atoms with van der Waals surface area (Å²) in [6, 6.07) is 1.41. The smallest absolute Gasteiger partial charge is 0.164 e. The van der Waals surface area contributed by atoms with Crippen molar-refractivity contribution in [2.45, 2.75) is 20.4 Å². The van der Waals surface area contributed by atoms with E-state index >= 15 is 0 Å². The van der Waals surface area contributed by atoms with Crippen molar-refractivity contribution in [3.63, 3.8) is 0 Å². The third kappa shape index (κ3) is 2.41. The standard InChI is InChI=1S/C16H14FN7/c1-9-14-16(22-10(2)21-9)24(8-11-4-19-20-5-11)15(23-14)12-3-13(17)7-18-6-12/h3-7H,8H2,1-2H3,(H,19,20). The van der Waals surface area contributed by atoms with Crippen molar-refractivity contribution in [2.75, 3.05) is 0 Å². The number of hydrogen-bond donors (Lipinski definition) is 1. The summed E-state index contributed by atoms with van der Waals surface area (Å²) in [4.78, 5) is 17.5. The van der Waals surface area contributed by atoms with Crippen LogP contribution in [0.15, 0.2) is 30.9 Å². The molecule has 0 spiro atoms. The Bertz CT molecular complexity index is 1020. The fourth-order valence-corrected chi connectivity index (χ4v) is 2.73. The van der Waals surface area contributed by atoms with Crippen LogP contribution in [0.1, 0.15) is 17.1 Å². The second-order valence-corrected chi connectivity index (χ2v) is 5.55. The molecule has 4 aromatic rings. The minimum Gasteiger partial charge on any atom is -0.304 e. The zero-order valence-corrected chi connectivity index (χ0v) is 13.2. The maximum atomic E-state index is 13.6. The minimum atomic E-state index is -0.409. The quantitative estimate of drug-likeness (QED) is 0.626. The van der Waals surface area contributed by atoms with E-state index in [1.165, 1.54) is 12.3 Å². The predicted octanol–water partition coefficient (Wildman–Crippen LogP) is 2.42. The van der Waals surface area contributed by atoms with Gasteiger partial charge in [-0.15, -0.1) is 0 Å². The SMILES string of the molecule is Cc1nc(C)c2nc(-c3cncc(F)c3)n(Cc3cn[nH]c3)c2n1. The Kier molecular flexibility index (Phi) is 3.30. The van der Waals surface area contributed by atoms with E-state index in [0.717, 1.165) is 11.3 Å². The highest BCUT2D eigenvalue weighted by molar-refractivity contribution is 5.79. The molecule has 0 fully saturated rings. The van der Waals surface area contributed by atoms with E-state index in [-0.39, 0.29) is 0 Å². The Morgan fingerprint density at radius 3 is 2.75 bits per heavy atom. The van der Waals surface area contributed by atoms with Crippen LogP contribution in [0.4, 0.5) is 4.39 Å². The largest absolute Gasteiger partial charge is 0.304 e. The molecule has 0 saturated carbocycles. The van der Waals surface area contributed by atoms with Gasteiger partial charge in [-0.05, 0) is 19.9 Å². The topological polar surface area (TPSA) is 85.2 Å². The summed E-state index contributed by atoms with van der Waals surface area (Å²) >= 11 is 0. The van der Waals surface area contributed by atoms with Crippen LogP contribution < -0.4 is 0 Å². The van der Waals surface area contributed by atoms with E-state index in [2.05, 4.69) is 30.1 Å². The third-order valence-corrected chi connectivity index (χ3v) is 3.74. The van der Waals surface area contributed by atoms with Gasteiger partial charge in [-0.2, -0.15) is 5.10 Å². The van der Waals surface area contributed by atoms with Gasteiger partial charge in [0.2, 0.25) is 0 Å². The van der Waals surface area contributed by atoms with Gasteiger partial charge >= 0.3 is 0 Å². The number of aromatic amines is 1. The van der Waals surface area contributed by atoms with Crippen molar-refractivity contribution in [3.05, 3.63) is 53.8 Å². The Hall–Kier alpha value is -3.16. The van der Waals surface area contributed by atoms with Gasteiger partial charge in [0.25, 0.3) is 0 Å². The van der Waals surface area contributed by atoms with Gasteiger partial charge in [0.1, 0.15) is 23.0 Å². The molecule has 4 rings (SSSR count). The second kappa shape index (κ2) is 5.48. The number of hydrogen-bond acceptors (Lipinski definition) is 5. The van der Waals surface area contributed by atoms with Gasteiger partial charge in [0.05, 0.1) is 24.6 Å². The van der Waals surface area contributed by atoms with Crippen LogP contribution in [0.3, 0.4) is 0 Å². The molecule has 1 N–H and O–H groups in total. The van der Waals surface area contributed by atoms with E-state index in [1.807, 2.05) is 18.4 Å². The molecule has 0 aromatic carbocycles. The molecule has 4 heterocycles. The molecule has 0 radical (unpaired) electrons. The minimum absolute atomic E-state index is 0.409. The highest BCUT2D eigenvalue weighted by Crippen LogP contribution is 2.26. The van der Waals surface area contributed by atoms with Crippen molar-refractivity contribution in [1.29, 1.82) is 0 Å². The molecule has 0 bridgehead atoms. The molecular weight excluding hydrogens is 309 g/mol. The molecule has 0 unspecified atom stereocenters. The molecule has 0 amide bonds. The Morgan fingerprint density at radius 1 is 1.12 bits per heavy atom. The predicted molar refractivity (Wildman–Crippen MR) is 85.7 cm³/mol. The fourth-order valence-electron chi connectivity index (χ4n) is 2.73. The highest BCUT2D eigenvalue weighted by Gasteiger charge is 2.18. The van der Waals surface area contributed by atoms with Crippen molar-refractivity contribution < 1.29 is 4.39 Å². The molecule has 0 aliphatic carbocycles. The first-order valence-corrected chi connectivity index (χ1v) is 7.42. The lowest BCUT2D eigenvalue weighted by molar-refractivity contribution is 0.621. The van der Waals surface area contributed by atoms with Crippen LogP contribution >= 0.6 is 0 Å². The summed E-state index contributed by atoms with van der Waals surface area (Å²) in [5.41, 5.74) is 3.75. The number of pyridine rings is 1. The van der Waals surface area contributed by atoms with Crippen molar-refractivity contribution >= 4 is 11.2 Å². The van der Waals surface area contributed by atoms with Crippen LogP contribution in [-0.2, 0) is 6.54 Å². The van der Waals surface area contributed by atoms with Gasteiger partial charge in [-0.1, -0.05) is 0 Å². The zero-order chi connectivity index (χ0) is 16.7. The van der Waals surface area contributed by atoms with E-state index in [1.54, 1.807) is 18.6 Å². The number of nitrogens with zero attached hydrogens (tertiary/aromatic N) is 6. The summed E-state index contributed by atoms with van der Waals surface area (Å²) in [5, 5.41) is 6.76. The number of rotatable bonds is 3. The van der Waals surface area contributed by atoms with Crippen molar-refractivity contribution in [2.24, 2.45) is 0 Å². The lowest BCUT2D eigenvalue weighted by Crippen LogP contribution is -2.04. The van der Waals surface area contributed by atoms with E-state index < -0.39 is 5.82 Å². The maximum Gasteiger partial charge on any atom is 0.164 e. The first-order chi connectivity index (χ1) is 11.6. The molecule has 24 heavy (non-hydrogen) atoms. The average Bonchev–Trinajstić information content (AvgIpc) is 3.17. The van der Waals surface area contributed by atoms with Crippen molar-refractivity contribution in [1.82, 2.24) is 34.7 Å². The number of fused-ring (bicyclic) bond motifs is 1. The van der Waals surface area contributed by atoms with E-state index in [4.69, 9.17) is 0 Å². The van der Waals surface area contributed by atoms with Crippen LogP contribution in [-0.4, -0.2) is 34.7 Å². The van der Waals surface area contributed by atoms with Gasteiger partial charge in [0.15, 0.2) is 5.65 Å². The molecule has 7 nitrogen and oxygen atoms in total. The van der Waals surface area contributed by atoms with Crippen LogP contribution in [0, 0.1) is 19.7 Å². The monoisotopic (exact) mass is 323 g/mol. The number of aryl methyl sites for hydroxylation is 2. The summed E-state index contributed by atoms with van der Waals surface area (Å²) in [6.07, 6.45) is 6.30. The van der Waals surface area contributed by atoms with Gasteiger partial charge < -0.3 is 4.57 Å². The summed E-state index contributed by atoms with van der Waals surface area (Å²) in [7, 11) is 0. The zero-order valence-electron chi connectivity index (χ0n) is 13.2. The highest BCUT2D eigenvalue weighted by atomic mass is 19.1. The third-order valence-electron chi connectivity index (χ3n) is 3.74. The number of nitrogens with one attached hydrogen (secondary N) is 1. The van der Waals surface area contributed by atoms with Gasteiger partial charge in [-0.3, -0.25) is 10.1 Å². The summed E-state index contributed by atoms with van der Waals surface area (Å²) in [5.74, 6) is 0.854. The molecule has 0 saturated heterocycles. The second-order valence-electron chi connectivity index (χ2n) is 5.55. The van der Waals surface area contributed by atoms with Crippen LogP contribution in [0.5, 0.6) is 0 Å². The number of H-pyrrole nitrogens is 1. The van der Waals surface area contributed by atoms with Gasteiger partial charge in [0, 0.05) is 23.5 Å². The Morgan fingerprint density at radius 2 is 2.00 bits per heavy atom. The molecule has 0 aliphatic heterocycles. The van der Waals surface area contributed by atoms with E-state index in [9.17, 15) is 4.39 Å². The van der Waals surface area contributed by atoms with Gasteiger partial charge in [-0.25, -0.2) is 19.3 Å². The molecule has 120 valence electrons. The number of aromatic nitrogens is 7. The lowest BCUT2D eigenvalue weighted by Gasteiger charge is -2.07. The Labute approximate surface area is 136 Å². The normalized spacial score (nSPS) is 11.3. The number of imidazole rings is 1. The van der Waals surface area contributed by atoms with Crippen LogP contribution in [0.25, 0.3) is 22.6 Å². The molecule has 0 aliphatic rings. The molecule has 0 atom stereocenters. The molecule has 8 heteroatoms. The summed E-state index contributed by atoms with van der Waals surface area (Å²) < 4.78 is 15.5. The maximum absolute atomic E-state index is 13.6. The summed E-state index contributed by atoms with van der Waals surface area (Å²) in [6.45, 7) is 4.24.